The average Bonchev–Trinajstić information content (AvgIpc) is 3.16. The monoisotopic (exact) mass is 472 g/mol. The Kier molecular flexibility index (Phi) is 7.05. The summed E-state index contributed by atoms with van der Waals surface area (Å²) in [4.78, 5) is 17.7. The average molecular weight is 473 g/mol. The third-order valence-corrected chi connectivity index (χ3v) is 6.12. The van der Waals surface area contributed by atoms with Gasteiger partial charge in [-0.05, 0) is 76.4 Å². The van der Waals surface area contributed by atoms with E-state index in [0.29, 0.717) is 30.3 Å². The van der Waals surface area contributed by atoms with Gasteiger partial charge in [0.15, 0.2) is 5.65 Å². The Balaban J connectivity index is 1.66. The van der Waals surface area contributed by atoms with Gasteiger partial charge in [-0.25, -0.2) is 4.68 Å². The maximum absolute atomic E-state index is 12.8. The minimum absolute atomic E-state index is 0.0945. The molecule has 0 radical (unpaired) electrons. The molecule has 0 aliphatic heterocycles. The second-order valence-electron chi connectivity index (χ2n) is 8.74. The molecule has 4 rings (SSSR count). The van der Waals surface area contributed by atoms with E-state index >= 15 is 0 Å². The van der Waals surface area contributed by atoms with Crippen LogP contribution in [0.15, 0.2) is 42.5 Å². The van der Waals surface area contributed by atoms with E-state index in [1.807, 2.05) is 55.8 Å². The molecular weight excluding hydrogens is 440 g/mol. The maximum atomic E-state index is 12.8. The molecule has 0 saturated carbocycles. The summed E-state index contributed by atoms with van der Waals surface area (Å²) in [6.07, 6.45) is 0.787. The van der Waals surface area contributed by atoms with E-state index in [-0.39, 0.29) is 12.3 Å². The lowest BCUT2D eigenvalue weighted by Gasteiger charge is -2.15. The second-order valence-corrected chi connectivity index (χ2v) is 8.74. The van der Waals surface area contributed by atoms with Crippen molar-refractivity contribution >= 4 is 22.6 Å². The molecule has 7 heteroatoms. The lowest BCUT2D eigenvalue weighted by atomic mass is 10.0. The molecule has 0 saturated heterocycles. The van der Waals surface area contributed by atoms with Crippen LogP contribution >= 0.6 is 0 Å². The van der Waals surface area contributed by atoms with Gasteiger partial charge in [-0.3, -0.25) is 4.79 Å². The van der Waals surface area contributed by atoms with Crippen molar-refractivity contribution in [3.63, 3.8) is 0 Å². The van der Waals surface area contributed by atoms with Gasteiger partial charge in [0.1, 0.15) is 5.75 Å². The zero-order chi connectivity index (χ0) is 25.1. The molecule has 2 aromatic carbocycles. The van der Waals surface area contributed by atoms with Crippen LogP contribution in [0.25, 0.3) is 16.7 Å². The number of hydrogen-bond acceptors (Lipinski definition) is 5. The molecule has 0 spiro atoms. The van der Waals surface area contributed by atoms with Crippen molar-refractivity contribution in [2.45, 2.75) is 47.5 Å². The zero-order valence-electron chi connectivity index (χ0n) is 21.2. The molecule has 0 aliphatic carbocycles. The number of pyridine rings is 1. The number of aryl methyl sites for hydroxylation is 4. The highest BCUT2D eigenvalue weighted by Gasteiger charge is 2.21. The molecule has 0 unspecified atom stereocenters. The highest BCUT2D eigenvalue weighted by atomic mass is 16.5. The van der Waals surface area contributed by atoms with Crippen molar-refractivity contribution in [2.75, 3.05) is 19.0 Å². The zero-order valence-corrected chi connectivity index (χ0v) is 21.2. The van der Waals surface area contributed by atoms with Crippen LogP contribution in [0.5, 0.6) is 11.6 Å². The van der Waals surface area contributed by atoms with Gasteiger partial charge in [0.25, 0.3) is 0 Å². The smallest absolute Gasteiger partial charge is 0.224 e. The van der Waals surface area contributed by atoms with Gasteiger partial charge in [-0.2, -0.15) is 10.1 Å². The van der Waals surface area contributed by atoms with Crippen LogP contribution < -0.4 is 14.8 Å². The Morgan fingerprint density at radius 2 is 1.74 bits per heavy atom. The molecule has 0 bridgehead atoms. The molecule has 2 aromatic heterocycles. The van der Waals surface area contributed by atoms with Gasteiger partial charge in [0, 0.05) is 17.4 Å². The van der Waals surface area contributed by atoms with E-state index in [0.717, 1.165) is 39.1 Å². The number of methoxy groups -OCH3 is 1. The van der Waals surface area contributed by atoms with Crippen molar-refractivity contribution in [3.05, 3.63) is 70.4 Å². The number of ether oxygens (including phenoxy) is 2. The number of amides is 1. The normalized spacial score (nSPS) is 11.0. The van der Waals surface area contributed by atoms with Crippen LogP contribution in [0.2, 0.25) is 0 Å². The van der Waals surface area contributed by atoms with Crippen LogP contribution in [0, 0.1) is 27.7 Å². The van der Waals surface area contributed by atoms with Crippen molar-refractivity contribution < 1.29 is 14.3 Å². The molecular formula is C28H32N4O3. The lowest BCUT2D eigenvalue weighted by Crippen LogP contribution is -2.14. The topological polar surface area (TPSA) is 78.3 Å². The van der Waals surface area contributed by atoms with Gasteiger partial charge in [0.2, 0.25) is 11.8 Å². The van der Waals surface area contributed by atoms with Crippen molar-refractivity contribution in [1.82, 2.24) is 14.8 Å². The minimum Gasteiger partial charge on any atom is -0.495 e. The van der Waals surface area contributed by atoms with Crippen LogP contribution in [0.3, 0.4) is 0 Å². The summed E-state index contributed by atoms with van der Waals surface area (Å²) in [5, 5.41) is 8.75. The molecule has 2 heterocycles. The number of anilines is 1. The van der Waals surface area contributed by atoms with Crippen LogP contribution in [0.4, 0.5) is 5.69 Å². The lowest BCUT2D eigenvalue weighted by molar-refractivity contribution is -0.116. The summed E-state index contributed by atoms with van der Waals surface area (Å²) < 4.78 is 13.2. The molecule has 182 valence electrons. The fourth-order valence-electron chi connectivity index (χ4n) is 4.32. The van der Waals surface area contributed by atoms with Crippen LogP contribution in [0.1, 0.15) is 41.3 Å². The Hall–Kier alpha value is -3.87. The summed E-state index contributed by atoms with van der Waals surface area (Å²) in [6.45, 7) is 10.5. The van der Waals surface area contributed by atoms with E-state index in [2.05, 4.69) is 31.3 Å². The number of aromatic nitrogens is 3. The van der Waals surface area contributed by atoms with Gasteiger partial charge >= 0.3 is 0 Å². The first-order valence-corrected chi connectivity index (χ1v) is 11.9. The SMILES string of the molecule is CCOc1nc2c(c(C)nn2-c2ccc(C)cc2)c(C)c1CCC(=O)Nc1cc(C)ccc1OC. The first-order chi connectivity index (χ1) is 16.8. The number of carbonyl (C=O) groups excluding carboxylic acids is 1. The number of fused-ring (bicyclic) bond motifs is 1. The maximum Gasteiger partial charge on any atom is 0.224 e. The second kappa shape index (κ2) is 10.2. The molecule has 1 N–H and O–H groups in total. The largest absolute Gasteiger partial charge is 0.495 e. The minimum atomic E-state index is -0.0945. The molecule has 7 nitrogen and oxygen atoms in total. The highest BCUT2D eigenvalue weighted by Crippen LogP contribution is 2.32. The van der Waals surface area contributed by atoms with Crippen molar-refractivity contribution in [1.29, 1.82) is 0 Å². The first-order valence-electron chi connectivity index (χ1n) is 11.9. The molecule has 0 atom stereocenters. The number of nitrogens with one attached hydrogen (secondary N) is 1. The number of nitrogens with zero attached hydrogens (tertiary/aromatic N) is 3. The summed E-state index contributed by atoms with van der Waals surface area (Å²) in [5.41, 5.74) is 7.46. The predicted octanol–water partition coefficient (Wildman–Crippen LogP) is 5.63. The van der Waals surface area contributed by atoms with E-state index in [1.54, 1.807) is 7.11 Å². The third kappa shape index (κ3) is 4.99. The van der Waals surface area contributed by atoms with Gasteiger partial charge < -0.3 is 14.8 Å². The molecule has 1 amide bonds. The quantitative estimate of drug-likeness (QED) is 0.359. The van der Waals surface area contributed by atoms with E-state index in [9.17, 15) is 4.79 Å². The van der Waals surface area contributed by atoms with Crippen molar-refractivity contribution in [2.24, 2.45) is 0 Å². The van der Waals surface area contributed by atoms with E-state index < -0.39 is 0 Å². The number of hydrogen-bond donors (Lipinski definition) is 1. The Morgan fingerprint density at radius 3 is 2.43 bits per heavy atom. The summed E-state index contributed by atoms with van der Waals surface area (Å²) >= 11 is 0. The molecule has 0 fully saturated rings. The highest BCUT2D eigenvalue weighted by molar-refractivity contribution is 5.93. The van der Waals surface area contributed by atoms with Crippen molar-refractivity contribution in [3.8, 4) is 17.3 Å². The molecule has 0 aliphatic rings. The summed E-state index contributed by atoms with van der Waals surface area (Å²) in [7, 11) is 1.60. The standard InChI is InChI=1S/C28H32N4O3/c1-7-35-28-22(13-15-25(33)29-23-16-18(3)10-14-24(23)34-6)19(4)26-20(5)31-32(27(26)30-28)21-11-8-17(2)9-12-21/h8-12,14,16H,7,13,15H2,1-6H3,(H,29,33). The molecule has 35 heavy (non-hydrogen) atoms. The van der Waals surface area contributed by atoms with Crippen LogP contribution in [-0.4, -0.2) is 34.4 Å². The summed E-state index contributed by atoms with van der Waals surface area (Å²) in [6, 6.07) is 13.9. The van der Waals surface area contributed by atoms with Gasteiger partial charge in [-0.1, -0.05) is 23.8 Å². The number of carbonyl (C=O) groups is 1. The Labute approximate surface area is 206 Å². The third-order valence-electron chi connectivity index (χ3n) is 6.12. The predicted molar refractivity (Wildman–Crippen MR) is 139 cm³/mol. The van der Waals surface area contributed by atoms with E-state index in [1.165, 1.54) is 5.56 Å². The van der Waals surface area contributed by atoms with Crippen LogP contribution in [-0.2, 0) is 11.2 Å². The number of rotatable bonds is 8. The van der Waals surface area contributed by atoms with E-state index in [4.69, 9.17) is 19.6 Å². The number of benzene rings is 2. The first kappa shape index (κ1) is 24.3. The van der Waals surface area contributed by atoms with Gasteiger partial charge in [0.05, 0.1) is 30.8 Å². The molecule has 4 aromatic rings. The summed E-state index contributed by atoms with van der Waals surface area (Å²) in [5.74, 6) is 1.09. The Morgan fingerprint density at radius 1 is 1.03 bits per heavy atom. The Bertz CT molecular complexity index is 1370. The fraction of sp³-hybridized carbons (Fsp3) is 0.321. The van der Waals surface area contributed by atoms with Gasteiger partial charge in [-0.15, -0.1) is 0 Å². The fourth-order valence-corrected chi connectivity index (χ4v) is 4.32.